The molecule has 3 rings (SSSR count). The van der Waals surface area contributed by atoms with Gasteiger partial charge in [-0.15, -0.1) is 5.10 Å². The van der Waals surface area contributed by atoms with E-state index in [9.17, 15) is 14.9 Å². The summed E-state index contributed by atoms with van der Waals surface area (Å²) in [5.74, 6) is 0.269. The Morgan fingerprint density at radius 2 is 1.86 bits per heavy atom. The molecule has 1 amide bonds. The van der Waals surface area contributed by atoms with E-state index in [0.717, 1.165) is 5.69 Å². The quantitative estimate of drug-likeness (QED) is 0.368. The lowest BCUT2D eigenvalue weighted by atomic mass is 10.0. The highest BCUT2D eigenvalue weighted by molar-refractivity contribution is 7.99. The Labute approximate surface area is 165 Å². The third kappa shape index (κ3) is 4.71. The summed E-state index contributed by atoms with van der Waals surface area (Å²) in [6, 6.07) is 13.6. The van der Waals surface area contributed by atoms with Crippen molar-refractivity contribution >= 4 is 29.0 Å². The molecule has 0 spiro atoms. The average molecular weight is 398 g/mol. The van der Waals surface area contributed by atoms with E-state index in [2.05, 4.69) is 34.7 Å². The van der Waals surface area contributed by atoms with Gasteiger partial charge in [-0.3, -0.25) is 14.9 Å². The summed E-state index contributed by atoms with van der Waals surface area (Å²) in [6.45, 7) is 4.24. The summed E-state index contributed by atoms with van der Waals surface area (Å²) in [5.41, 5.74) is 2.48. The highest BCUT2D eigenvalue weighted by Gasteiger charge is 2.13. The fourth-order valence-corrected chi connectivity index (χ4v) is 3.12. The number of non-ortho nitro benzene ring substituents is 1. The molecule has 1 heterocycles. The number of nitrogens with one attached hydrogen (secondary N) is 1. The molecule has 0 aliphatic carbocycles. The second-order valence-electron chi connectivity index (χ2n) is 6.26. The van der Waals surface area contributed by atoms with Gasteiger partial charge in [-0.25, -0.2) is 0 Å². The minimum absolute atomic E-state index is 0.0324. The lowest BCUT2D eigenvalue weighted by Gasteiger charge is -2.08. The number of hydrogen-bond acceptors (Lipinski definition) is 7. The van der Waals surface area contributed by atoms with E-state index >= 15 is 0 Å². The van der Waals surface area contributed by atoms with Gasteiger partial charge in [-0.1, -0.05) is 37.7 Å². The van der Waals surface area contributed by atoms with Crippen LogP contribution >= 0.6 is 11.8 Å². The molecule has 0 unspecified atom stereocenters. The fourth-order valence-electron chi connectivity index (χ4n) is 2.43. The van der Waals surface area contributed by atoms with E-state index in [0.29, 0.717) is 16.8 Å². The standard InChI is InChI=1S/C18H18N6O3S/c1-12(2)13-3-7-15(8-4-13)23-18(20-21-22-23)28-11-17(25)19-14-5-9-16(10-6-14)24(26)27/h3-10,12H,11H2,1-2H3,(H,19,25). The number of aromatic nitrogens is 4. The van der Waals surface area contributed by atoms with Crippen LogP contribution in [0.3, 0.4) is 0 Å². The smallest absolute Gasteiger partial charge is 0.269 e. The Kier molecular flexibility index (Phi) is 5.99. The number of carbonyl (C=O) groups is 1. The number of rotatable bonds is 7. The van der Waals surface area contributed by atoms with Gasteiger partial charge in [0.05, 0.1) is 16.4 Å². The predicted molar refractivity (Wildman–Crippen MR) is 106 cm³/mol. The molecule has 0 aliphatic rings. The van der Waals surface area contributed by atoms with Crippen LogP contribution in [0.2, 0.25) is 0 Å². The summed E-state index contributed by atoms with van der Waals surface area (Å²) in [4.78, 5) is 22.3. The highest BCUT2D eigenvalue weighted by Crippen LogP contribution is 2.21. The SMILES string of the molecule is CC(C)c1ccc(-n2nnnc2SCC(=O)Nc2ccc([N+](=O)[O-])cc2)cc1. The van der Waals surface area contributed by atoms with Crippen LogP contribution in [-0.2, 0) is 4.79 Å². The third-order valence-electron chi connectivity index (χ3n) is 3.94. The normalized spacial score (nSPS) is 10.8. The van der Waals surface area contributed by atoms with Gasteiger partial charge in [0.25, 0.3) is 5.69 Å². The molecule has 1 aromatic heterocycles. The number of thioether (sulfide) groups is 1. The molecule has 3 aromatic rings. The Bertz CT molecular complexity index is 970. The molecule has 10 heteroatoms. The first-order valence-corrected chi connectivity index (χ1v) is 9.48. The van der Waals surface area contributed by atoms with Crippen LogP contribution in [-0.4, -0.2) is 36.8 Å². The van der Waals surface area contributed by atoms with Crippen LogP contribution in [0.5, 0.6) is 0 Å². The summed E-state index contributed by atoms with van der Waals surface area (Å²) < 4.78 is 1.58. The molecule has 1 N–H and O–H groups in total. The molecule has 0 saturated carbocycles. The van der Waals surface area contributed by atoms with E-state index < -0.39 is 4.92 Å². The number of nitrogens with zero attached hydrogens (tertiary/aromatic N) is 5. The Morgan fingerprint density at radius 1 is 1.18 bits per heavy atom. The topological polar surface area (TPSA) is 116 Å². The van der Waals surface area contributed by atoms with Crippen LogP contribution in [0.25, 0.3) is 5.69 Å². The molecule has 0 aliphatic heterocycles. The zero-order valence-electron chi connectivity index (χ0n) is 15.3. The van der Waals surface area contributed by atoms with Crippen molar-refractivity contribution in [3.8, 4) is 5.69 Å². The van der Waals surface area contributed by atoms with Crippen LogP contribution in [0.4, 0.5) is 11.4 Å². The lowest BCUT2D eigenvalue weighted by molar-refractivity contribution is -0.384. The molecule has 0 radical (unpaired) electrons. The van der Waals surface area contributed by atoms with Gasteiger partial charge in [0.1, 0.15) is 0 Å². The minimum atomic E-state index is -0.491. The largest absolute Gasteiger partial charge is 0.325 e. The third-order valence-corrected chi connectivity index (χ3v) is 4.86. The van der Waals surface area contributed by atoms with E-state index in [1.54, 1.807) is 4.68 Å². The average Bonchev–Trinajstić information content (AvgIpc) is 3.15. The van der Waals surface area contributed by atoms with Crippen molar-refractivity contribution in [1.82, 2.24) is 20.2 Å². The van der Waals surface area contributed by atoms with Gasteiger partial charge in [-0.05, 0) is 46.2 Å². The molecular weight excluding hydrogens is 380 g/mol. The zero-order valence-corrected chi connectivity index (χ0v) is 16.1. The van der Waals surface area contributed by atoms with Crippen LogP contribution in [0.15, 0.2) is 53.7 Å². The monoisotopic (exact) mass is 398 g/mol. The van der Waals surface area contributed by atoms with E-state index in [1.807, 2.05) is 24.3 Å². The van der Waals surface area contributed by atoms with E-state index in [-0.39, 0.29) is 17.3 Å². The maximum Gasteiger partial charge on any atom is 0.269 e. The second-order valence-corrected chi connectivity index (χ2v) is 7.20. The fraction of sp³-hybridized carbons (Fsp3) is 0.222. The number of hydrogen-bond donors (Lipinski definition) is 1. The number of amides is 1. The van der Waals surface area contributed by atoms with Crippen molar-refractivity contribution in [2.75, 3.05) is 11.1 Å². The van der Waals surface area contributed by atoms with Crippen molar-refractivity contribution < 1.29 is 9.72 Å². The maximum absolute atomic E-state index is 12.2. The first kappa shape index (κ1) is 19.5. The van der Waals surface area contributed by atoms with Crippen molar-refractivity contribution in [2.24, 2.45) is 0 Å². The molecule has 28 heavy (non-hydrogen) atoms. The first-order valence-electron chi connectivity index (χ1n) is 8.50. The molecule has 0 saturated heterocycles. The first-order chi connectivity index (χ1) is 13.4. The maximum atomic E-state index is 12.2. The Hall–Kier alpha value is -3.27. The summed E-state index contributed by atoms with van der Waals surface area (Å²) >= 11 is 1.20. The van der Waals surface area contributed by atoms with Gasteiger partial charge >= 0.3 is 0 Å². The minimum Gasteiger partial charge on any atom is -0.325 e. The van der Waals surface area contributed by atoms with E-state index in [1.165, 1.54) is 41.6 Å². The molecule has 2 aromatic carbocycles. The lowest BCUT2D eigenvalue weighted by Crippen LogP contribution is -2.14. The van der Waals surface area contributed by atoms with Gasteiger partial charge in [-0.2, -0.15) is 4.68 Å². The van der Waals surface area contributed by atoms with Crippen molar-refractivity contribution in [2.45, 2.75) is 24.9 Å². The van der Waals surface area contributed by atoms with Gasteiger partial charge in [0.15, 0.2) is 0 Å². The summed E-state index contributed by atoms with van der Waals surface area (Å²) in [6.07, 6.45) is 0. The van der Waals surface area contributed by atoms with Crippen LogP contribution in [0, 0.1) is 10.1 Å². The summed E-state index contributed by atoms with van der Waals surface area (Å²) in [5, 5.41) is 25.5. The van der Waals surface area contributed by atoms with Crippen LogP contribution < -0.4 is 5.32 Å². The zero-order chi connectivity index (χ0) is 20.1. The molecule has 9 nitrogen and oxygen atoms in total. The Morgan fingerprint density at radius 3 is 2.46 bits per heavy atom. The summed E-state index contributed by atoms with van der Waals surface area (Å²) in [7, 11) is 0. The highest BCUT2D eigenvalue weighted by atomic mass is 32.2. The second kappa shape index (κ2) is 8.61. The van der Waals surface area contributed by atoms with Crippen molar-refractivity contribution in [1.29, 1.82) is 0 Å². The molecule has 0 bridgehead atoms. The van der Waals surface area contributed by atoms with Crippen LogP contribution in [0.1, 0.15) is 25.3 Å². The Balaban J connectivity index is 1.61. The molecule has 0 fully saturated rings. The number of nitro groups is 1. The number of tetrazole rings is 1. The van der Waals surface area contributed by atoms with Gasteiger partial charge in [0.2, 0.25) is 11.1 Å². The van der Waals surface area contributed by atoms with Gasteiger partial charge < -0.3 is 5.32 Å². The molecule has 0 atom stereocenters. The molecule has 144 valence electrons. The van der Waals surface area contributed by atoms with Crippen molar-refractivity contribution in [3.63, 3.8) is 0 Å². The van der Waals surface area contributed by atoms with Crippen molar-refractivity contribution in [3.05, 3.63) is 64.2 Å². The number of benzene rings is 2. The van der Waals surface area contributed by atoms with E-state index in [4.69, 9.17) is 0 Å². The molecular formula is C18H18N6O3S. The predicted octanol–water partition coefficient (Wildman–Crippen LogP) is 3.42. The number of anilines is 1. The number of nitro benzene ring substituents is 1. The number of carbonyl (C=O) groups excluding carboxylic acids is 1. The van der Waals surface area contributed by atoms with Gasteiger partial charge in [0, 0.05) is 17.8 Å².